The van der Waals surface area contributed by atoms with E-state index in [0.29, 0.717) is 44.2 Å². The van der Waals surface area contributed by atoms with Gasteiger partial charge in [-0.25, -0.2) is 9.37 Å². The molecule has 0 aliphatic carbocycles. The van der Waals surface area contributed by atoms with Gasteiger partial charge in [0.05, 0.1) is 43.5 Å². The maximum absolute atomic E-state index is 13.3. The van der Waals surface area contributed by atoms with Crippen molar-refractivity contribution in [2.45, 2.75) is 19.1 Å². The van der Waals surface area contributed by atoms with Crippen molar-refractivity contribution >= 4 is 22.6 Å². The molecule has 3 rings (SSSR count). The molecular formula is C14H16ClFN2O2. The molecule has 0 N–H and O–H groups in total. The summed E-state index contributed by atoms with van der Waals surface area (Å²) < 4.78 is 26.4. The standard InChI is InChI=1S/C14H16ClFN2O2/c15-4-3-14-17-12-7-10(16)1-2-13(12)18(14)8-11-9-19-5-6-20-11/h1-2,7,11H,3-6,8-9H2. The van der Waals surface area contributed by atoms with Crippen molar-refractivity contribution in [1.29, 1.82) is 0 Å². The Morgan fingerprint density at radius 1 is 1.40 bits per heavy atom. The Kier molecular flexibility index (Phi) is 4.19. The number of ether oxygens (including phenoxy) is 2. The molecule has 108 valence electrons. The van der Waals surface area contributed by atoms with Gasteiger partial charge in [0.2, 0.25) is 0 Å². The highest BCUT2D eigenvalue weighted by molar-refractivity contribution is 6.17. The quantitative estimate of drug-likeness (QED) is 0.813. The van der Waals surface area contributed by atoms with Crippen LogP contribution in [0.1, 0.15) is 5.82 Å². The van der Waals surface area contributed by atoms with Crippen LogP contribution in [0.25, 0.3) is 11.0 Å². The summed E-state index contributed by atoms with van der Waals surface area (Å²) in [6.07, 6.45) is 0.645. The highest BCUT2D eigenvalue weighted by Crippen LogP contribution is 2.20. The highest BCUT2D eigenvalue weighted by Gasteiger charge is 2.19. The van der Waals surface area contributed by atoms with E-state index in [9.17, 15) is 4.39 Å². The minimum absolute atomic E-state index is 0.000258. The van der Waals surface area contributed by atoms with Gasteiger partial charge < -0.3 is 14.0 Å². The number of alkyl halides is 1. The minimum Gasteiger partial charge on any atom is -0.376 e. The molecule has 1 fully saturated rings. The molecule has 1 saturated heterocycles. The van der Waals surface area contributed by atoms with Gasteiger partial charge in [0.15, 0.2) is 0 Å². The van der Waals surface area contributed by atoms with Gasteiger partial charge in [-0.15, -0.1) is 11.6 Å². The molecule has 0 bridgehead atoms. The van der Waals surface area contributed by atoms with Crippen LogP contribution in [0.5, 0.6) is 0 Å². The number of imidazole rings is 1. The number of aromatic nitrogens is 2. The fourth-order valence-electron chi connectivity index (χ4n) is 2.48. The molecule has 1 aliphatic heterocycles. The van der Waals surface area contributed by atoms with Crippen LogP contribution in [0.2, 0.25) is 0 Å². The Morgan fingerprint density at radius 3 is 3.05 bits per heavy atom. The molecule has 4 nitrogen and oxygen atoms in total. The van der Waals surface area contributed by atoms with E-state index < -0.39 is 0 Å². The first-order chi connectivity index (χ1) is 9.78. The van der Waals surface area contributed by atoms with Gasteiger partial charge in [0.25, 0.3) is 0 Å². The fourth-order valence-corrected chi connectivity index (χ4v) is 2.65. The second-order valence-electron chi connectivity index (χ2n) is 4.78. The summed E-state index contributed by atoms with van der Waals surface area (Å²) in [7, 11) is 0. The molecule has 0 saturated carbocycles. The molecule has 0 amide bonds. The van der Waals surface area contributed by atoms with E-state index in [1.54, 1.807) is 6.07 Å². The Hall–Kier alpha value is -1.17. The molecule has 1 aromatic heterocycles. The number of aryl methyl sites for hydroxylation is 1. The predicted molar refractivity (Wildman–Crippen MR) is 74.7 cm³/mol. The number of fused-ring (bicyclic) bond motifs is 1. The number of hydrogen-bond acceptors (Lipinski definition) is 3. The van der Waals surface area contributed by atoms with E-state index in [4.69, 9.17) is 21.1 Å². The Bertz CT molecular complexity index is 596. The smallest absolute Gasteiger partial charge is 0.125 e. The Morgan fingerprint density at radius 2 is 2.30 bits per heavy atom. The van der Waals surface area contributed by atoms with E-state index >= 15 is 0 Å². The van der Waals surface area contributed by atoms with Gasteiger partial charge in [-0.3, -0.25) is 0 Å². The van der Waals surface area contributed by atoms with E-state index in [1.807, 2.05) is 0 Å². The number of halogens is 2. The van der Waals surface area contributed by atoms with Crippen molar-refractivity contribution in [3.63, 3.8) is 0 Å². The van der Waals surface area contributed by atoms with E-state index in [-0.39, 0.29) is 11.9 Å². The minimum atomic E-state index is -0.281. The molecule has 1 aromatic carbocycles. The third-order valence-corrected chi connectivity index (χ3v) is 3.57. The average molecular weight is 299 g/mol. The average Bonchev–Trinajstić information content (AvgIpc) is 2.77. The monoisotopic (exact) mass is 298 g/mol. The second-order valence-corrected chi connectivity index (χ2v) is 5.16. The number of nitrogens with zero attached hydrogens (tertiary/aromatic N) is 2. The molecular weight excluding hydrogens is 283 g/mol. The van der Waals surface area contributed by atoms with Gasteiger partial charge in [-0.05, 0) is 12.1 Å². The van der Waals surface area contributed by atoms with Gasteiger partial charge in [0.1, 0.15) is 11.6 Å². The van der Waals surface area contributed by atoms with Crippen LogP contribution >= 0.6 is 11.6 Å². The van der Waals surface area contributed by atoms with E-state index in [0.717, 1.165) is 11.3 Å². The summed E-state index contributed by atoms with van der Waals surface area (Å²) in [5.41, 5.74) is 1.56. The van der Waals surface area contributed by atoms with Crippen molar-refractivity contribution in [3.8, 4) is 0 Å². The molecule has 0 spiro atoms. The van der Waals surface area contributed by atoms with Crippen molar-refractivity contribution in [2.75, 3.05) is 25.7 Å². The topological polar surface area (TPSA) is 36.3 Å². The summed E-state index contributed by atoms with van der Waals surface area (Å²) in [6, 6.07) is 4.64. The Balaban J connectivity index is 1.95. The maximum Gasteiger partial charge on any atom is 0.125 e. The number of rotatable bonds is 4. The van der Waals surface area contributed by atoms with E-state index in [1.165, 1.54) is 12.1 Å². The fraction of sp³-hybridized carbons (Fsp3) is 0.500. The third-order valence-electron chi connectivity index (χ3n) is 3.38. The third kappa shape index (κ3) is 2.80. The van der Waals surface area contributed by atoms with Crippen LogP contribution in [0.15, 0.2) is 18.2 Å². The first-order valence-corrected chi connectivity index (χ1v) is 7.21. The zero-order valence-electron chi connectivity index (χ0n) is 11.0. The van der Waals surface area contributed by atoms with Crippen molar-refractivity contribution in [2.24, 2.45) is 0 Å². The lowest BCUT2D eigenvalue weighted by Crippen LogP contribution is -2.32. The number of hydrogen-bond donors (Lipinski definition) is 0. The van der Waals surface area contributed by atoms with Gasteiger partial charge in [-0.2, -0.15) is 0 Å². The first kappa shape index (κ1) is 13.8. The molecule has 6 heteroatoms. The summed E-state index contributed by atoms with van der Waals surface area (Å²) in [5.74, 6) is 1.06. The van der Waals surface area contributed by atoms with Crippen LogP contribution in [-0.4, -0.2) is 41.4 Å². The van der Waals surface area contributed by atoms with Gasteiger partial charge in [-0.1, -0.05) is 0 Å². The normalized spacial score (nSPS) is 19.6. The molecule has 2 aromatic rings. The van der Waals surface area contributed by atoms with Crippen molar-refractivity contribution < 1.29 is 13.9 Å². The lowest BCUT2D eigenvalue weighted by atomic mass is 10.3. The maximum atomic E-state index is 13.3. The largest absolute Gasteiger partial charge is 0.376 e. The molecule has 0 radical (unpaired) electrons. The molecule has 1 atom stereocenters. The summed E-state index contributed by atoms with van der Waals surface area (Å²) >= 11 is 5.83. The SMILES string of the molecule is Fc1ccc2c(c1)nc(CCCl)n2CC1COCCO1. The molecule has 1 aliphatic rings. The van der Waals surface area contributed by atoms with Crippen molar-refractivity contribution in [1.82, 2.24) is 9.55 Å². The van der Waals surface area contributed by atoms with Crippen LogP contribution < -0.4 is 0 Å². The molecule has 2 heterocycles. The van der Waals surface area contributed by atoms with Crippen LogP contribution in [0.4, 0.5) is 4.39 Å². The lowest BCUT2D eigenvalue weighted by molar-refractivity contribution is -0.0934. The zero-order valence-corrected chi connectivity index (χ0v) is 11.8. The summed E-state index contributed by atoms with van der Waals surface area (Å²) in [5, 5.41) is 0. The predicted octanol–water partition coefficient (Wildman–Crippen LogP) is 2.37. The van der Waals surface area contributed by atoms with Gasteiger partial charge in [0, 0.05) is 18.4 Å². The summed E-state index contributed by atoms with van der Waals surface area (Å²) in [4.78, 5) is 4.47. The lowest BCUT2D eigenvalue weighted by Gasteiger charge is -2.24. The summed E-state index contributed by atoms with van der Waals surface area (Å²) in [6.45, 7) is 2.47. The van der Waals surface area contributed by atoms with Crippen molar-refractivity contribution in [3.05, 3.63) is 29.8 Å². The van der Waals surface area contributed by atoms with Gasteiger partial charge >= 0.3 is 0 Å². The zero-order chi connectivity index (χ0) is 13.9. The Labute approximate surface area is 121 Å². The van der Waals surface area contributed by atoms with Crippen LogP contribution in [0, 0.1) is 5.82 Å². The van der Waals surface area contributed by atoms with Crippen LogP contribution in [0.3, 0.4) is 0 Å². The first-order valence-electron chi connectivity index (χ1n) is 6.68. The highest BCUT2D eigenvalue weighted by atomic mass is 35.5. The van der Waals surface area contributed by atoms with Crippen LogP contribution in [-0.2, 0) is 22.4 Å². The number of benzene rings is 1. The van der Waals surface area contributed by atoms with E-state index in [2.05, 4.69) is 9.55 Å². The molecule has 1 unspecified atom stereocenters. The second kappa shape index (κ2) is 6.08. The molecule has 20 heavy (non-hydrogen) atoms.